The number of thiophene rings is 1. The van der Waals surface area contributed by atoms with E-state index >= 15 is 0 Å². The van der Waals surface area contributed by atoms with Gasteiger partial charge in [0.1, 0.15) is 0 Å². The molecule has 0 radical (unpaired) electrons. The number of ether oxygens (including phenoxy) is 1. The summed E-state index contributed by atoms with van der Waals surface area (Å²) in [5.74, 6) is 0.710. The molecule has 1 aliphatic rings. The second-order valence-electron chi connectivity index (χ2n) is 3.95. The Balaban J connectivity index is 1.65. The van der Waals surface area contributed by atoms with Gasteiger partial charge in [0.25, 0.3) is 0 Å². The van der Waals surface area contributed by atoms with Crippen LogP contribution in [0, 0.1) is 5.92 Å². The van der Waals surface area contributed by atoms with Crippen molar-refractivity contribution >= 4 is 27.3 Å². The van der Waals surface area contributed by atoms with Gasteiger partial charge in [-0.3, -0.25) is 0 Å². The van der Waals surface area contributed by atoms with Crippen LogP contribution in [0.5, 0.6) is 0 Å². The first-order valence-electron chi connectivity index (χ1n) is 5.36. The van der Waals surface area contributed by atoms with E-state index in [2.05, 4.69) is 32.7 Å². The van der Waals surface area contributed by atoms with Crippen LogP contribution in [0.3, 0.4) is 0 Å². The molecule has 84 valence electrons. The highest BCUT2D eigenvalue weighted by Crippen LogP contribution is 2.19. The van der Waals surface area contributed by atoms with Crippen LogP contribution in [-0.2, 0) is 11.3 Å². The Kier molecular flexibility index (Phi) is 4.62. The fourth-order valence-electron chi connectivity index (χ4n) is 1.81. The van der Waals surface area contributed by atoms with Gasteiger partial charge in [-0.2, -0.15) is 0 Å². The largest absolute Gasteiger partial charge is 0.381 e. The zero-order valence-electron chi connectivity index (χ0n) is 8.67. The summed E-state index contributed by atoms with van der Waals surface area (Å²) < 4.78 is 6.63. The Morgan fingerprint density at radius 1 is 1.60 bits per heavy atom. The number of hydrogen-bond acceptors (Lipinski definition) is 3. The lowest BCUT2D eigenvalue weighted by atomic mass is 10.0. The summed E-state index contributed by atoms with van der Waals surface area (Å²) in [6.45, 7) is 3.94. The lowest BCUT2D eigenvalue weighted by Crippen LogP contribution is -2.28. The van der Waals surface area contributed by atoms with Crippen molar-refractivity contribution < 1.29 is 4.74 Å². The summed E-state index contributed by atoms with van der Waals surface area (Å²) in [5, 5.41) is 5.62. The van der Waals surface area contributed by atoms with Gasteiger partial charge < -0.3 is 10.1 Å². The molecule has 2 heterocycles. The maximum Gasteiger partial charge on any atom is 0.0506 e. The van der Waals surface area contributed by atoms with E-state index in [0.717, 1.165) is 26.3 Å². The highest BCUT2D eigenvalue weighted by Gasteiger charge is 2.12. The van der Waals surface area contributed by atoms with E-state index in [-0.39, 0.29) is 0 Å². The zero-order valence-corrected chi connectivity index (χ0v) is 11.1. The van der Waals surface area contributed by atoms with Crippen molar-refractivity contribution in [3.63, 3.8) is 0 Å². The fraction of sp³-hybridized carbons (Fsp3) is 0.636. The standard InChI is InChI=1S/C11H16BrNOS/c12-10-4-11(15-8-10)6-13-5-9-2-1-3-14-7-9/h4,8-9,13H,1-3,5-7H2. The minimum absolute atomic E-state index is 0.710. The van der Waals surface area contributed by atoms with Gasteiger partial charge in [-0.1, -0.05) is 0 Å². The number of rotatable bonds is 4. The second-order valence-corrected chi connectivity index (χ2v) is 5.86. The predicted molar refractivity (Wildman–Crippen MR) is 67.3 cm³/mol. The quantitative estimate of drug-likeness (QED) is 0.920. The summed E-state index contributed by atoms with van der Waals surface area (Å²) in [5.41, 5.74) is 0. The molecule has 1 aromatic heterocycles. The molecule has 1 aliphatic heterocycles. The Morgan fingerprint density at radius 2 is 2.53 bits per heavy atom. The molecule has 0 amide bonds. The van der Waals surface area contributed by atoms with Gasteiger partial charge >= 0.3 is 0 Å². The molecule has 0 bridgehead atoms. The third-order valence-electron chi connectivity index (χ3n) is 2.61. The first-order chi connectivity index (χ1) is 7.34. The molecule has 1 atom stereocenters. The molecule has 2 nitrogen and oxygen atoms in total. The molecule has 0 spiro atoms. The molecule has 4 heteroatoms. The zero-order chi connectivity index (χ0) is 10.5. The molecule has 1 aromatic rings. The van der Waals surface area contributed by atoms with E-state index in [9.17, 15) is 0 Å². The van der Waals surface area contributed by atoms with Crippen molar-refractivity contribution in [1.82, 2.24) is 5.32 Å². The van der Waals surface area contributed by atoms with Gasteiger partial charge in [0.2, 0.25) is 0 Å². The molecular formula is C11H16BrNOS. The minimum atomic E-state index is 0.710. The van der Waals surface area contributed by atoms with Crippen molar-refractivity contribution in [2.24, 2.45) is 5.92 Å². The monoisotopic (exact) mass is 289 g/mol. The van der Waals surface area contributed by atoms with Crippen LogP contribution in [-0.4, -0.2) is 19.8 Å². The van der Waals surface area contributed by atoms with Crippen LogP contribution >= 0.6 is 27.3 Å². The van der Waals surface area contributed by atoms with E-state index in [1.54, 1.807) is 11.3 Å². The highest BCUT2D eigenvalue weighted by molar-refractivity contribution is 9.10. The molecule has 1 unspecified atom stereocenters. The van der Waals surface area contributed by atoms with E-state index in [1.807, 2.05) is 0 Å². The molecule has 1 fully saturated rings. The molecule has 1 N–H and O–H groups in total. The van der Waals surface area contributed by atoms with E-state index in [0.29, 0.717) is 5.92 Å². The summed E-state index contributed by atoms with van der Waals surface area (Å²) >= 11 is 5.26. The smallest absolute Gasteiger partial charge is 0.0506 e. The topological polar surface area (TPSA) is 21.3 Å². The summed E-state index contributed by atoms with van der Waals surface area (Å²) in [4.78, 5) is 1.39. The SMILES string of the molecule is Brc1csc(CNCC2CCCOC2)c1. The van der Waals surface area contributed by atoms with Gasteiger partial charge in [-0.25, -0.2) is 0 Å². The second kappa shape index (κ2) is 5.99. The first kappa shape index (κ1) is 11.6. The van der Waals surface area contributed by atoms with Crippen LogP contribution < -0.4 is 5.32 Å². The Morgan fingerprint density at radius 3 is 3.20 bits per heavy atom. The number of halogens is 1. The molecule has 0 saturated carbocycles. The van der Waals surface area contributed by atoms with Crippen LogP contribution in [0.2, 0.25) is 0 Å². The Bertz CT molecular complexity index is 297. The molecule has 0 aliphatic carbocycles. The molecule has 1 saturated heterocycles. The van der Waals surface area contributed by atoms with E-state index < -0.39 is 0 Å². The van der Waals surface area contributed by atoms with Crippen molar-refractivity contribution in [1.29, 1.82) is 0 Å². The van der Waals surface area contributed by atoms with Gasteiger partial charge in [-0.05, 0) is 40.8 Å². The van der Waals surface area contributed by atoms with Crippen molar-refractivity contribution in [2.75, 3.05) is 19.8 Å². The normalized spacial score (nSPS) is 21.8. The van der Waals surface area contributed by atoms with Gasteiger partial charge in [0.05, 0.1) is 6.61 Å². The third kappa shape index (κ3) is 3.87. The molecule has 2 rings (SSSR count). The Hall–Kier alpha value is 0.1000. The van der Waals surface area contributed by atoms with Crippen molar-refractivity contribution in [3.8, 4) is 0 Å². The van der Waals surface area contributed by atoms with Crippen molar-refractivity contribution in [2.45, 2.75) is 19.4 Å². The van der Waals surface area contributed by atoms with Crippen LogP contribution in [0.25, 0.3) is 0 Å². The lowest BCUT2D eigenvalue weighted by Gasteiger charge is -2.22. The van der Waals surface area contributed by atoms with Crippen molar-refractivity contribution in [3.05, 3.63) is 20.8 Å². The maximum atomic E-state index is 5.44. The summed E-state index contributed by atoms with van der Waals surface area (Å²) in [6.07, 6.45) is 2.53. The number of nitrogens with one attached hydrogen (secondary N) is 1. The third-order valence-corrected chi connectivity index (χ3v) is 4.31. The highest BCUT2D eigenvalue weighted by atomic mass is 79.9. The lowest BCUT2D eigenvalue weighted by molar-refractivity contribution is 0.0548. The predicted octanol–water partition coefficient (Wildman–Crippen LogP) is 3.03. The fourth-order valence-corrected chi connectivity index (χ4v) is 3.24. The summed E-state index contributed by atoms with van der Waals surface area (Å²) in [7, 11) is 0. The first-order valence-corrected chi connectivity index (χ1v) is 7.03. The molecule has 15 heavy (non-hydrogen) atoms. The van der Waals surface area contributed by atoms with Gasteiger partial charge in [0, 0.05) is 34.4 Å². The summed E-state index contributed by atoms with van der Waals surface area (Å²) in [6, 6.07) is 2.18. The molecule has 0 aromatic carbocycles. The maximum absolute atomic E-state index is 5.44. The average molecular weight is 290 g/mol. The molecular weight excluding hydrogens is 274 g/mol. The van der Waals surface area contributed by atoms with Crippen LogP contribution in [0.1, 0.15) is 17.7 Å². The van der Waals surface area contributed by atoms with E-state index in [4.69, 9.17) is 4.74 Å². The minimum Gasteiger partial charge on any atom is -0.381 e. The number of hydrogen-bond donors (Lipinski definition) is 1. The van der Waals surface area contributed by atoms with Gasteiger partial charge in [-0.15, -0.1) is 11.3 Å². The average Bonchev–Trinajstić information content (AvgIpc) is 2.66. The van der Waals surface area contributed by atoms with Gasteiger partial charge in [0.15, 0.2) is 0 Å². The van der Waals surface area contributed by atoms with Crippen LogP contribution in [0.4, 0.5) is 0 Å². The van der Waals surface area contributed by atoms with E-state index in [1.165, 1.54) is 22.2 Å². The Labute approximate surface area is 103 Å². The van der Waals surface area contributed by atoms with Crippen LogP contribution in [0.15, 0.2) is 15.9 Å².